The molecule has 1 fully saturated rings. The van der Waals surface area contributed by atoms with Gasteiger partial charge in [0.25, 0.3) is 8.53 Å². The van der Waals surface area contributed by atoms with E-state index in [4.69, 9.17) is 37.5 Å². The summed E-state index contributed by atoms with van der Waals surface area (Å²) in [5, 5.41) is 12.2. The topological polar surface area (TPSA) is 147 Å². The molecule has 0 aromatic heterocycles. The zero-order valence-electron chi connectivity index (χ0n) is 36.9. The van der Waals surface area contributed by atoms with Gasteiger partial charge >= 0.3 is 5.97 Å². The first-order chi connectivity index (χ1) is 29.9. The van der Waals surface area contributed by atoms with Crippen LogP contribution in [0, 0.1) is 17.2 Å². The van der Waals surface area contributed by atoms with Gasteiger partial charge in [0, 0.05) is 24.9 Å². The summed E-state index contributed by atoms with van der Waals surface area (Å²) in [4.78, 5) is 26.5. The van der Waals surface area contributed by atoms with Crippen LogP contribution in [0.4, 0.5) is 0 Å². The molecule has 4 aromatic carbocycles. The number of carbonyl (C=O) groups is 2. The molecule has 14 heteroatoms. The fraction of sp³-hybridized carbons (Fsp3) is 0.438. The van der Waals surface area contributed by atoms with Crippen LogP contribution in [0.25, 0.3) is 0 Å². The van der Waals surface area contributed by atoms with Crippen LogP contribution in [0.3, 0.4) is 0 Å². The van der Waals surface area contributed by atoms with Crippen LogP contribution < -0.4 is 14.8 Å². The summed E-state index contributed by atoms with van der Waals surface area (Å²) in [5.74, 6) is 0.0111. The number of benzene rings is 4. The van der Waals surface area contributed by atoms with E-state index in [9.17, 15) is 14.9 Å². The van der Waals surface area contributed by atoms with Crippen molar-refractivity contribution in [1.82, 2.24) is 9.99 Å². The minimum Gasteiger partial charge on any atom is -0.497 e. The summed E-state index contributed by atoms with van der Waals surface area (Å²) in [7, 11) is 1.63. The van der Waals surface area contributed by atoms with E-state index in [-0.39, 0.29) is 50.8 Å². The van der Waals surface area contributed by atoms with Crippen molar-refractivity contribution in [3.63, 3.8) is 0 Å². The summed E-state index contributed by atoms with van der Waals surface area (Å²) in [6, 6.07) is 35.5. The third-order valence-electron chi connectivity index (χ3n) is 10.6. The van der Waals surface area contributed by atoms with Crippen LogP contribution in [0.15, 0.2) is 109 Å². The molecular weight excluding hydrogens is 810 g/mol. The first-order valence-electron chi connectivity index (χ1n) is 20.9. The minimum atomic E-state index is -1.62. The Kier molecular flexibility index (Phi) is 18.3. The highest BCUT2D eigenvalue weighted by Crippen LogP contribution is 2.47. The second kappa shape index (κ2) is 23.5. The Balaban J connectivity index is 1.47. The molecule has 5 rings (SSSR count). The normalized spacial score (nSPS) is 19.5. The molecule has 1 N–H and O–H groups in total. The Morgan fingerprint density at radius 3 is 1.85 bits per heavy atom. The maximum absolute atomic E-state index is 13.7. The van der Waals surface area contributed by atoms with Crippen LogP contribution in [-0.4, -0.2) is 93.8 Å². The zero-order chi connectivity index (χ0) is 44.6. The van der Waals surface area contributed by atoms with E-state index < -0.39 is 50.6 Å². The Labute approximate surface area is 367 Å². The van der Waals surface area contributed by atoms with Crippen molar-refractivity contribution in [2.24, 2.45) is 5.92 Å². The Morgan fingerprint density at radius 2 is 1.34 bits per heavy atom. The van der Waals surface area contributed by atoms with Gasteiger partial charge in [0.05, 0.1) is 64.8 Å². The van der Waals surface area contributed by atoms with Crippen molar-refractivity contribution in [2.75, 3.05) is 40.6 Å². The van der Waals surface area contributed by atoms with Gasteiger partial charge in [-0.15, -0.1) is 0 Å². The molecule has 0 spiro atoms. The van der Waals surface area contributed by atoms with E-state index in [0.29, 0.717) is 17.1 Å². The summed E-state index contributed by atoms with van der Waals surface area (Å²) >= 11 is 0. The quantitative estimate of drug-likeness (QED) is 0.0350. The van der Waals surface area contributed by atoms with Gasteiger partial charge in [0.15, 0.2) is 6.29 Å². The summed E-state index contributed by atoms with van der Waals surface area (Å²) in [6.07, 6.45) is -2.45. The minimum absolute atomic E-state index is 0.0153. The van der Waals surface area contributed by atoms with E-state index in [2.05, 4.69) is 43.8 Å². The van der Waals surface area contributed by atoms with Crippen molar-refractivity contribution in [3.8, 4) is 17.6 Å². The lowest BCUT2D eigenvalue weighted by Crippen LogP contribution is -2.63. The van der Waals surface area contributed by atoms with Crippen molar-refractivity contribution in [3.05, 3.63) is 131 Å². The Bertz CT molecular complexity index is 1960. The van der Waals surface area contributed by atoms with E-state index in [1.807, 2.05) is 91.9 Å². The molecule has 0 bridgehead atoms. The Morgan fingerprint density at radius 1 is 0.790 bits per heavy atom. The third-order valence-corrected chi connectivity index (χ3v) is 12.6. The number of esters is 1. The van der Waals surface area contributed by atoms with Crippen LogP contribution in [0.2, 0.25) is 0 Å². The number of hydrogen-bond donors (Lipinski definition) is 1. The maximum atomic E-state index is 13.7. The average Bonchev–Trinajstić information content (AvgIpc) is 3.28. The van der Waals surface area contributed by atoms with E-state index >= 15 is 0 Å². The number of nitriles is 1. The lowest BCUT2D eigenvalue weighted by atomic mass is 9.80. The molecular formula is C48H60N3O10P. The smallest absolute Gasteiger partial charge is 0.338 e. The highest BCUT2D eigenvalue weighted by molar-refractivity contribution is 7.44. The van der Waals surface area contributed by atoms with Gasteiger partial charge in [-0.1, -0.05) is 79.7 Å². The first-order valence-corrected chi connectivity index (χ1v) is 22.1. The molecule has 62 heavy (non-hydrogen) atoms. The van der Waals surface area contributed by atoms with Gasteiger partial charge in [-0.05, 0) is 80.8 Å². The SMILES string of the molecule is COc1ccc(C(OCCOC2OC(COP(OCCC#N)N(C(C)C)C(C)C)C(C)C(OC(=O)c3ccccc3)C2NC(C)=O)(c2ccccc2)c2ccc(OC)cc2)cc1. The number of hydrogen-bond acceptors (Lipinski definition) is 12. The molecule has 13 nitrogen and oxygen atoms in total. The van der Waals surface area contributed by atoms with Gasteiger partial charge in [0.2, 0.25) is 5.91 Å². The largest absolute Gasteiger partial charge is 0.497 e. The number of amides is 1. The highest BCUT2D eigenvalue weighted by Gasteiger charge is 2.48. The van der Waals surface area contributed by atoms with Crippen LogP contribution in [0.1, 0.15) is 75.0 Å². The average molecular weight is 870 g/mol. The second-order valence-electron chi connectivity index (χ2n) is 15.4. The molecule has 6 unspecified atom stereocenters. The first kappa shape index (κ1) is 48.1. The van der Waals surface area contributed by atoms with Crippen LogP contribution >= 0.6 is 8.53 Å². The molecule has 332 valence electrons. The van der Waals surface area contributed by atoms with E-state index in [1.165, 1.54) is 6.92 Å². The standard InChI is InChI=1S/C48H60N3O10P/c1-33(2)51(34(3)4)62(58-29-15-28-49)59-32-43-35(5)45(61-46(53)37-16-11-9-12-17-37)44(50-36(6)52)47(60-43)56-30-31-57-48(38-18-13-10-14-19-38,39-20-24-41(54-7)25-21-39)40-22-26-42(55-8)27-23-40/h9-14,16-27,33-35,43-45,47H,15,29-32H2,1-8H3,(H,50,52). The number of ether oxygens (including phenoxy) is 6. The maximum Gasteiger partial charge on any atom is 0.338 e. The van der Waals surface area contributed by atoms with Crippen molar-refractivity contribution < 1.29 is 47.1 Å². The Hall–Kier alpha value is -4.90. The molecule has 1 heterocycles. The molecule has 6 atom stereocenters. The molecule has 4 aromatic rings. The second-order valence-corrected chi connectivity index (χ2v) is 16.9. The molecule has 1 aliphatic rings. The van der Waals surface area contributed by atoms with Gasteiger partial charge in [-0.3, -0.25) is 4.79 Å². The van der Waals surface area contributed by atoms with Crippen LogP contribution in [-0.2, 0) is 38.4 Å². The van der Waals surface area contributed by atoms with Crippen LogP contribution in [0.5, 0.6) is 11.5 Å². The van der Waals surface area contributed by atoms with E-state index in [0.717, 1.165) is 16.7 Å². The number of methoxy groups -OCH3 is 2. The number of rotatable bonds is 22. The molecule has 0 aliphatic carbocycles. The predicted octanol–water partition coefficient (Wildman–Crippen LogP) is 8.41. The van der Waals surface area contributed by atoms with Gasteiger partial charge in [-0.25, -0.2) is 9.46 Å². The molecule has 1 aliphatic heterocycles. The molecule has 0 saturated carbocycles. The molecule has 1 saturated heterocycles. The monoisotopic (exact) mass is 869 g/mol. The van der Waals surface area contributed by atoms with Crippen molar-refractivity contribution >= 4 is 20.4 Å². The third kappa shape index (κ3) is 12.2. The molecule has 1 amide bonds. The molecule has 0 radical (unpaired) electrons. The number of nitrogens with one attached hydrogen (secondary N) is 1. The zero-order valence-corrected chi connectivity index (χ0v) is 37.8. The lowest BCUT2D eigenvalue weighted by Gasteiger charge is -2.45. The van der Waals surface area contributed by atoms with Crippen molar-refractivity contribution in [1.29, 1.82) is 5.26 Å². The fourth-order valence-electron chi connectivity index (χ4n) is 7.62. The summed E-state index contributed by atoms with van der Waals surface area (Å²) < 4.78 is 52.4. The lowest BCUT2D eigenvalue weighted by molar-refractivity contribution is -0.257. The summed E-state index contributed by atoms with van der Waals surface area (Å²) in [5.41, 5.74) is 1.84. The summed E-state index contributed by atoms with van der Waals surface area (Å²) in [6.45, 7) is 11.9. The number of carbonyl (C=O) groups excluding carboxylic acids is 2. The fourth-order valence-corrected chi connectivity index (χ4v) is 9.24. The van der Waals surface area contributed by atoms with Crippen molar-refractivity contribution in [2.45, 2.75) is 90.2 Å². The van der Waals surface area contributed by atoms with Gasteiger partial charge < -0.3 is 42.8 Å². The highest BCUT2D eigenvalue weighted by atomic mass is 31.2. The predicted molar refractivity (Wildman–Crippen MR) is 236 cm³/mol. The van der Waals surface area contributed by atoms with E-state index in [1.54, 1.807) is 38.5 Å². The van der Waals surface area contributed by atoms with Gasteiger partial charge in [-0.2, -0.15) is 5.26 Å². The number of nitrogens with zero attached hydrogens (tertiary/aromatic N) is 2. The van der Waals surface area contributed by atoms with Gasteiger partial charge in [0.1, 0.15) is 29.2 Å².